The van der Waals surface area contributed by atoms with Crippen LogP contribution in [0.3, 0.4) is 0 Å². The third-order valence-electron chi connectivity index (χ3n) is 5.36. The van der Waals surface area contributed by atoms with Gasteiger partial charge in [-0.25, -0.2) is 4.98 Å². The first kappa shape index (κ1) is 15.0. The number of fused-ring (bicyclic) bond motifs is 1. The van der Waals surface area contributed by atoms with Crippen LogP contribution in [0.5, 0.6) is 0 Å². The van der Waals surface area contributed by atoms with Gasteiger partial charge in [0.1, 0.15) is 5.52 Å². The maximum absolute atomic E-state index is 8.22. The Balaban J connectivity index is 1.39. The number of ether oxygens (including phenoxy) is 2. The Hall–Kier alpha value is -2.09. The van der Waals surface area contributed by atoms with E-state index in [1.807, 2.05) is 23.2 Å². The second-order valence-electron chi connectivity index (χ2n) is 6.90. The van der Waals surface area contributed by atoms with E-state index in [-0.39, 0.29) is 6.29 Å². The van der Waals surface area contributed by atoms with Crippen molar-refractivity contribution >= 4 is 22.5 Å². The standard InChI is InChI=1S/C19H24N4O3/c1-6-20-12-23(7-1)16-3-2-15(17-18(16)26-13-21-17)22-8-4-14(5-9-22)19-24-10-11-25-19/h1-3,7,13-14,19-20H,4-6,8-12H2/i12D. The molecule has 1 aromatic carbocycles. The molecule has 3 aliphatic heterocycles. The minimum atomic E-state index is -0.531. The smallest absolute Gasteiger partial charge is 0.182 e. The fraction of sp³-hybridized carbons (Fsp3) is 0.526. The number of oxazole rings is 1. The molecule has 0 radical (unpaired) electrons. The van der Waals surface area contributed by atoms with Gasteiger partial charge in [-0.1, -0.05) is 6.08 Å². The van der Waals surface area contributed by atoms with E-state index in [9.17, 15) is 0 Å². The lowest BCUT2D eigenvalue weighted by atomic mass is 9.95. The third kappa shape index (κ3) is 2.86. The van der Waals surface area contributed by atoms with Crippen molar-refractivity contribution in [2.45, 2.75) is 19.1 Å². The number of nitrogens with zero attached hydrogens (tertiary/aromatic N) is 3. The van der Waals surface area contributed by atoms with Crippen molar-refractivity contribution in [3.63, 3.8) is 0 Å². The molecule has 0 amide bonds. The van der Waals surface area contributed by atoms with E-state index in [4.69, 9.17) is 15.3 Å². The Labute approximate surface area is 154 Å². The average molecular weight is 357 g/mol. The molecule has 2 fully saturated rings. The largest absolute Gasteiger partial charge is 0.441 e. The number of hydrogen-bond acceptors (Lipinski definition) is 7. The highest BCUT2D eigenvalue weighted by atomic mass is 16.7. The van der Waals surface area contributed by atoms with Crippen LogP contribution in [0, 0.1) is 5.92 Å². The quantitative estimate of drug-likeness (QED) is 0.904. The molecule has 0 spiro atoms. The Morgan fingerprint density at radius 3 is 2.77 bits per heavy atom. The molecule has 4 heterocycles. The second kappa shape index (κ2) is 6.90. The monoisotopic (exact) mass is 357 g/mol. The molecule has 2 aromatic rings. The molecule has 7 heteroatoms. The maximum atomic E-state index is 8.22. The molecule has 1 unspecified atom stereocenters. The van der Waals surface area contributed by atoms with Crippen LogP contribution in [0.25, 0.3) is 11.1 Å². The van der Waals surface area contributed by atoms with E-state index in [2.05, 4.69) is 21.3 Å². The van der Waals surface area contributed by atoms with Crippen LogP contribution in [0.2, 0.25) is 0 Å². The van der Waals surface area contributed by atoms with E-state index in [0.29, 0.717) is 25.7 Å². The number of rotatable bonds is 3. The predicted octanol–water partition coefficient (Wildman–Crippen LogP) is 2.30. The van der Waals surface area contributed by atoms with Crippen molar-refractivity contribution in [3.05, 3.63) is 30.8 Å². The van der Waals surface area contributed by atoms with Crippen molar-refractivity contribution in [2.75, 3.05) is 49.3 Å². The highest BCUT2D eigenvalue weighted by Gasteiger charge is 2.31. The van der Waals surface area contributed by atoms with E-state index in [1.165, 1.54) is 6.39 Å². The predicted molar refractivity (Wildman–Crippen MR) is 99.1 cm³/mol. The first-order valence-corrected chi connectivity index (χ1v) is 9.26. The third-order valence-corrected chi connectivity index (χ3v) is 5.36. The van der Waals surface area contributed by atoms with Crippen LogP contribution in [0.4, 0.5) is 11.4 Å². The van der Waals surface area contributed by atoms with Gasteiger partial charge in [-0.3, -0.25) is 5.32 Å². The number of aromatic nitrogens is 1. The van der Waals surface area contributed by atoms with E-state index in [1.54, 1.807) is 0 Å². The van der Waals surface area contributed by atoms with Crippen LogP contribution in [0.15, 0.2) is 35.2 Å². The van der Waals surface area contributed by atoms with E-state index < -0.39 is 6.64 Å². The van der Waals surface area contributed by atoms with Gasteiger partial charge in [-0.15, -0.1) is 0 Å². The number of benzene rings is 1. The molecule has 0 aliphatic carbocycles. The fourth-order valence-electron chi connectivity index (χ4n) is 4.02. The molecular weight excluding hydrogens is 332 g/mol. The zero-order chi connectivity index (χ0) is 18.2. The van der Waals surface area contributed by atoms with Crippen LogP contribution in [-0.4, -0.2) is 50.8 Å². The molecule has 1 N–H and O–H groups in total. The van der Waals surface area contributed by atoms with Crippen LogP contribution in [0.1, 0.15) is 14.2 Å². The van der Waals surface area contributed by atoms with Crippen LogP contribution in [-0.2, 0) is 9.47 Å². The number of anilines is 2. The van der Waals surface area contributed by atoms with Gasteiger partial charge in [-0.05, 0) is 25.0 Å². The summed E-state index contributed by atoms with van der Waals surface area (Å²) in [4.78, 5) is 8.71. The number of nitrogens with one attached hydrogen (secondary N) is 1. The molecule has 0 saturated carbocycles. The average Bonchev–Trinajstić information content (AvgIpc) is 3.40. The van der Waals surface area contributed by atoms with Gasteiger partial charge in [0.25, 0.3) is 0 Å². The topological polar surface area (TPSA) is 63.0 Å². The Morgan fingerprint density at radius 1 is 1.15 bits per heavy atom. The molecule has 1 aromatic heterocycles. The van der Waals surface area contributed by atoms with Gasteiger partial charge in [0.2, 0.25) is 0 Å². The molecular formula is C19H24N4O3. The summed E-state index contributed by atoms with van der Waals surface area (Å²) in [5, 5.41) is 3.11. The minimum absolute atomic E-state index is 0.0334. The summed E-state index contributed by atoms with van der Waals surface area (Å²) >= 11 is 0. The normalized spacial score (nSPS) is 26.0. The summed E-state index contributed by atoms with van der Waals surface area (Å²) in [7, 11) is 0. The fourth-order valence-corrected chi connectivity index (χ4v) is 4.02. The molecule has 7 nitrogen and oxygen atoms in total. The summed E-state index contributed by atoms with van der Waals surface area (Å²) in [6.45, 7) is 3.48. The highest BCUT2D eigenvalue weighted by molar-refractivity contribution is 5.96. The first-order chi connectivity index (χ1) is 13.3. The highest BCUT2D eigenvalue weighted by Crippen LogP contribution is 2.36. The summed E-state index contributed by atoms with van der Waals surface area (Å²) in [6, 6.07) is 4.12. The van der Waals surface area contributed by atoms with Gasteiger partial charge in [-0.2, -0.15) is 0 Å². The van der Waals surface area contributed by atoms with E-state index in [0.717, 1.165) is 48.4 Å². The molecule has 26 heavy (non-hydrogen) atoms. The van der Waals surface area contributed by atoms with Gasteiger partial charge in [0, 0.05) is 31.8 Å². The maximum Gasteiger partial charge on any atom is 0.182 e. The summed E-state index contributed by atoms with van der Waals surface area (Å²) < 4.78 is 25.3. The Kier molecular flexibility index (Phi) is 3.99. The first-order valence-electron chi connectivity index (χ1n) is 9.84. The van der Waals surface area contributed by atoms with Crippen LogP contribution >= 0.6 is 0 Å². The lowest BCUT2D eigenvalue weighted by Crippen LogP contribution is -2.38. The summed E-state index contributed by atoms with van der Waals surface area (Å²) in [5.74, 6) is 0.462. The van der Waals surface area contributed by atoms with Crippen LogP contribution < -0.4 is 15.1 Å². The molecule has 1 atom stereocenters. The van der Waals surface area contributed by atoms with Crippen molar-refractivity contribution < 1.29 is 15.3 Å². The molecule has 138 valence electrons. The van der Waals surface area contributed by atoms with Crippen molar-refractivity contribution in [3.8, 4) is 0 Å². The summed E-state index contributed by atoms with van der Waals surface area (Å²) in [5.41, 5.74) is 3.52. The lowest BCUT2D eigenvalue weighted by molar-refractivity contribution is -0.0889. The molecule has 2 saturated heterocycles. The van der Waals surface area contributed by atoms with Crippen molar-refractivity contribution in [1.29, 1.82) is 0 Å². The lowest BCUT2D eigenvalue weighted by Gasteiger charge is -2.35. The SMILES string of the molecule is [2H]C1NCC=CN1c1ccc(N2CCC(C3OCCO3)CC2)c2ncoc12. The van der Waals surface area contributed by atoms with Gasteiger partial charge in [0.15, 0.2) is 18.3 Å². The van der Waals surface area contributed by atoms with Gasteiger partial charge < -0.3 is 23.7 Å². The zero-order valence-corrected chi connectivity index (χ0v) is 14.6. The zero-order valence-electron chi connectivity index (χ0n) is 15.6. The second-order valence-corrected chi connectivity index (χ2v) is 6.90. The molecule has 5 rings (SSSR count). The van der Waals surface area contributed by atoms with E-state index >= 15 is 0 Å². The van der Waals surface area contributed by atoms with Gasteiger partial charge in [0.05, 0.1) is 32.6 Å². The number of hydrogen-bond donors (Lipinski definition) is 1. The van der Waals surface area contributed by atoms with Crippen molar-refractivity contribution in [2.24, 2.45) is 5.92 Å². The molecule has 3 aliphatic rings. The minimum Gasteiger partial charge on any atom is -0.441 e. The Morgan fingerprint density at radius 2 is 1.96 bits per heavy atom. The number of piperidine rings is 1. The Bertz CT molecular complexity index is 827. The van der Waals surface area contributed by atoms with Gasteiger partial charge >= 0.3 is 0 Å². The van der Waals surface area contributed by atoms with Crippen molar-refractivity contribution in [1.82, 2.24) is 10.3 Å². The summed E-state index contributed by atoms with van der Waals surface area (Å²) in [6.07, 6.45) is 7.47. The molecule has 0 bridgehead atoms.